The molecule has 0 spiro atoms. The van der Waals surface area contributed by atoms with Crippen LogP contribution < -0.4 is 9.47 Å². The van der Waals surface area contributed by atoms with Crippen molar-refractivity contribution in [2.24, 2.45) is 11.8 Å². The number of aliphatic hydroxyl groups excluding tert-OH is 3. The van der Waals surface area contributed by atoms with Crippen LogP contribution in [0.5, 0.6) is 11.5 Å². The lowest BCUT2D eigenvalue weighted by molar-refractivity contribution is -0.137. The van der Waals surface area contributed by atoms with Crippen molar-refractivity contribution in [3.8, 4) is 11.5 Å². The number of hydrogen-bond donors (Lipinski definition) is 4. The van der Waals surface area contributed by atoms with Crippen molar-refractivity contribution in [2.45, 2.75) is 56.7 Å². The van der Waals surface area contributed by atoms with Crippen molar-refractivity contribution in [1.82, 2.24) is 0 Å². The minimum atomic E-state index is -1.04. The molecule has 0 saturated heterocycles. The SMILES string of the molecule is O=C(O)CCC/C=C\C[C@@H]1[C@@H](/C=C/[C@@H](O)C2Oc3cc4ccccc4cc3O2)[C@H](O)C[C@@H]1O. The summed E-state index contributed by atoms with van der Waals surface area (Å²) in [6, 6.07) is 11.6. The maximum absolute atomic E-state index is 10.6. The van der Waals surface area contributed by atoms with E-state index in [0.717, 1.165) is 10.8 Å². The molecular formula is C26H30O7. The van der Waals surface area contributed by atoms with Crippen LogP contribution in [0.1, 0.15) is 32.1 Å². The molecule has 7 nitrogen and oxygen atoms in total. The number of hydrogen-bond acceptors (Lipinski definition) is 6. The minimum Gasteiger partial charge on any atom is -0.481 e. The van der Waals surface area contributed by atoms with Gasteiger partial charge in [-0.1, -0.05) is 48.6 Å². The van der Waals surface area contributed by atoms with Crippen LogP contribution in [0, 0.1) is 11.8 Å². The van der Waals surface area contributed by atoms with E-state index in [1.807, 2.05) is 48.6 Å². The molecule has 0 unspecified atom stereocenters. The highest BCUT2D eigenvalue weighted by Gasteiger charge is 2.40. The van der Waals surface area contributed by atoms with E-state index in [-0.39, 0.29) is 24.7 Å². The molecule has 0 amide bonds. The molecule has 1 fully saturated rings. The maximum Gasteiger partial charge on any atom is 0.303 e. The highest BCUT2D eigenvalue weighted by molar-refractivity contribution is 5.86. The Morgan fingerprint density at radius 2 is 1.73 bits per heavy atom. The largest absolute Gasteiger partial charge is 0.481 e. The first-order chi connectivity index (χ1) is 15.9. The van der Waals surface area contributed by atoms with Crippen LogP contribution in [-0.4, -0.2) is 51.0 Å². The molecular weight excluding hydrogens is 424 g/mol. The van der Waals surface area contributed by atoms with Gasteiger partial charge >= 0.3 is 5.97 Å². The Morgan fingerprint density at radius 1 is 1.06 bits per heavy atom. The van der Waals surface area contributed by atoms with Crippen molar-refractivity contribution in [3.05, 3.63) is 60.7 Å². The molecule has 0 radical (unpaired) electrons. The number of allylic oxidation sites excluding steroid dienone is 2. The first-order valence-corrected chi connectivity index (χ1v) is 11.4. The summed E-state index contributed by atoms with van der Waals surface area (Å²) in [4.78, 5) is 10.6. The molecule has 4 N–H and O–H groups in total. The lowest BCUT2D eigenvalue weighted by Crippen LogP contribution is -2.32. The van der Waals surface area contributed by atoms with Gasteiger partial charge < -0.3 is 29.9 Å². The Kier molecular flexibility index (Phi) is 7.33. The van der Waals surface area contributed by atoms with Gasteiger partial charge in [0.15, 0.2) is 11.5 Å². The molecule has 1 aliphatic carbocycles. The van der Waals surface area contributed by atoms with Crippen LogP contribution in [-0.2, 0) is 4.79 Å². The zero-order chi connectivity index (χ0) is 23.4. The summed E-state index contributed by atoms with van der Waals surface area (Å²) in [6.45, 7) is 0. The van der Waals surface area contributed by atoms with Gasteiger partial charge in [0.25, 0.3) is 6.29 Å². The topological polar surface area (TPSA) is 116 Å². The Balaban J connectivity index is 1.35. The number of aliphatic carboxylic acids is 1. The van der Waals surface area contributed by atoms with Crippen molar-refractivity contribution in [3.63, 3.8) is 0 Å². The Morgan fingerprint density at radius 3 is 2.36 bits per heavy atom. The summed E-state index contributed by atoms with van der Waals surface area (Å²) >= 11 is 0. The zero-order valence-electron chi connectivity index (χ0n) is 18.3. The van der Waals surface area contributed by atoms with Crippen LogP contribution in [0.3, 0.4) is 0 Å². The van der Waals surface area contributed by atoms with Crippen LogP contribution in [0.15, 0.2) is 60.7 Å². The fourth-order valence-corrected chi connectivity index (χ4v) is 4.58. The maximum atomic E-state index is 10.6. The standard InChI is InChI=1S/C26H30O7/c27-20(26-32-23-13-16-7-5-6-8-17(16)14-24(23)33-26)12-11-19-18(21(28)15-22(19)29)9-3-1-2-4-10-25(30)31/h1,3,5-8,11-14,18-22,26-29H,2,4,9-10,15H2,(H,30,31)/b3-1-,12-11+/t18-,19-,20-,21+,22-/m1/s1. The lowest BCUT2D eigenvalue weighted by Gasteiger charge is -2.20. The average molecular weight is 455 g/mol. The number of carbonyl (C=O) groups is 1. The molecule has 0 bridgehead atoms. The molecule has 5 atom stereocenters. The van der Waals surface area contributed by atoms with E-state index in [2.05, 4.69) is 0 Å². The summed E-state index contributed by atoms with van der Waals surface area (Å²) in [7, 11) is 0. The number of fused-ring (bicyclic) bond motifs is 2. The number of unbranched alkanes of at least 4 members (excludes halogenated alkanes) is 1. The van der Waals surface area contributed by atoms with Crippen molar-refractivity contribution in [2.75, 3.05) is 0 Å². The summed E-state index contributed by atoms with van der Waals surface area (Å²) in [5.41, 5.74) is 0. The van der Waals surface area contributed by atoms with Crippen molar-refractivity contribution >= 4 is 16.7 Å². The lowest BCUT2D eigenvalue weighted by atomic mass is 9.89. The molecule has 2 aromatic rings. The molecule has 1 saturated carbocycles. The fourth-order valence-electron chi connectivity index (χ4n) is 4.58. The second kappa shape index (κ2) is 10.4. The van der Waals surface area contributed by atoms with E-state index in [9.17, 15) is 20.1 Å². The second-order valence-corrected chi connectivity index (χ2v) is 8.73. The minimum absolute atomic E-state index is 0.129. The van der Waals surface area contributed by atoms with E-state index in [0.29, 0.717) is 30.8 Å². The molecule has 2 aromatic carbocycles. The van der Waals surface area contributed by atoms with Crippen LogP contribution in [0.4, 0.5) is 0 Å². The monoisotopic (exact) mass is 454 g/mol. The average Bonchev–Trinajstić information content (AvgIpc) is 3.32. The van der Waals surface area contributed by atoms with Crippen LogP contribution in [0.25, 0.3) is 10.8 Å². The number of carboxylic acid groups (broad SMARTS) is 1. The first kappa shape index (κ1) is 23.3. The number of carboxylic acids is 1. The zero-order valence-corrected chi connectivity index (χ0v) is 18.3. The smallest absolute Gasteiger partial charge is 0.303 e. The van der Waals surface area contributed by atoms with Gasteiger partial charge in [-0.15, -0.1) is 0 Å². The van der Waals surface area contributed by atoms with Gasteiger partial charge in [-0.05, 0) is 48.1 Å². The number of aliphatic hydroxyl groups is 3. The van der Waals surface area contributed by atoms with Gasteiger partial charge in [0.2, 0.25) is 0 Å². The Hall–Kier alpha value is -2.87. The number of rotatable bonds is 9. The van der Waals surface area contributed by atoms with Gasteiger partial charge in [-0.3, -0.25) is 4.79 Å². The van der Waals surface area contributed by atoms with Crippen LogP contribution >= 0.6 is 0 Å². The van der Waals surface area contributed by atoms with E-state index in [1.54, 1.807) is 12.2 Å². The first-order valence-electron chi connectivity index (χ1n) is 11.4. The molecule has 4 rings (SSSR count). The molecule has 0 aromatic heterocycles. The summed E-state index contributed by atoms with van der Waals surface area (Å²) in [5.74, 6) is -0.161. The third-order valence-electron chi connectivity index (χ3n) is 6.36. The van der Waals surface area contributed by atoms with Crippen molar-refractivity contribution in [1.29, 1.82) is 0 Å². The molecule has 33 heavy (non-hydrogen) atoms. The number of benzene rings is 2. The van der Waals surface area contributed by atoms with Crippen molar-refractivity contribution < 1.29 is 34.7 Å². The van der Waals surface area contributed by atoms with E-state index in [1.165, 1.54) is 0 Å². The van der Waals surface area contributed by atoms with Gasteiger partial charge in [-0.25, -0.2) is 0 Å². The molecule has 2 aliphatic rings. The van der Waals surface area contributed by atoms with E-state index < -0.39 is 30.6 Å². The Bertz CT molecular complexity index is 986. The molecule has 1 heterocycles. The molecule has 176 valence electrons. The Labute approximate surface area is 192 Å². The third-order valence-corrected chi connectivity index (χ3v) is 6.36. The highest BCUT2D eigenvalue weighted by Crippen LogP contribution is 2.40. The number of ether oxygens (including phenoxy) is 2. The third kappa shape index (κ3) is 5.55. The van der Waals surface area contributed by atoms with Gasteiger partial charge in [0, 0.05) is 18.8 Å². The normalized spacial score (nSPS) is 26.0. The fraction of sp³-hybridized carbons (Fsp3) is 0.423. The molecule has 7 heteroatoms. The van der Waals surface area contributed by atoms with Gasteiger partial charge in [0.1, 0.15) is 6.10 Å². The van der Waals surface area contributed by atoms with Crippen LogP contribution in [0.2, 0.25) is 0 Å². The van der Waals surface area contributed by atoms with E-state index >= 15 is 0 Å². The summed E-state index contributed by atoms with van der Waals surface area (Å²) in [6.07, 6.45) is 6.04. The predicted octanol–water partition coefficient (Wildman–Crippen LogP) is 3.41. The molecule has 1 aliphatic heterocycles. The quantitative estimate of drug-likeness (QED) is 0.339. The predicted molar refractivity (Wildman–Crippen MR) is 123 cm³/mol. The summed E-state index contributed by atoms with van der Waals surface area (Å²) in [5, 5.41) is 42.2. The highest BCUT2D eigenvalue weighted by atomic mass is 16.7. The van der Waals surface area contributed by atoms with Gasteiger partial charge in [-0.2, -0.15) is 0 Å². The van der Waals surface area contributed by atoms with E-state index in [4.69, 9.17) is 14.6 Å². The second-order valence-electron chi connectivity index (χ2n) is 8.73. The summed E-state index contributed by atoms with van der Waals surface area (Å²) < 4.78 is 11.6. The van der Waals surface area contributed by atoms with Gasteiger partial charge in [0.05, 0.1) is 12.2 Å².